The number of rotatable bonds is 7. The van der Waals surface area contributed by atoms with Crippen molar-refractivity contribution >= 4 is 33.6 Å². The third-order valence-electron chi connectivity index (χ3n) is 7.32. The molecule has 1 aliphatic rings. The summed E-state index contributed by atoms with van der Waals surface area (Å²) in [6, 6.07) is 19.8. The standard InChI is InChI=1S/C31H31N5O4/c1-4-7-26-32-29(27-28(34-40-30(27)33-26)22-11-10-20-8-5-6-9-21(20)16-22)35-12-14-36(15-13-35)31(37)23-17-24(38-2)19-25(18-23)39-3/h5-6,8-11,16-19H,4,7,12-15H2,1-3H3. The number of hydrogen-bond donors (Lipinski definition) is 0. The van der Waals surface area contributed by atoms with Gasteiger partial charge in [-0.2, -0.15) is 4.98 Å². The lowest BCUT2D eigenvalue weighted by molar-refractivity contribution is 0.0746. The number of benzene rings is 3. The Balaban J connectivity index is 1.32. The SMILES string of the molecule is CCCc1nc(N2CCN(C(=O)c3cc(OC)cc(OC)c3)CC2)c2c(-c3ccc4ccccc4c3)noc2n1. The number of piperazine rings is 1. The van der Waals surface area contributed by atoms with Crippen LogP contribution in [0.15, 0.2) is 65.2 Å². The highest BCUT2D eigenvalue weighted by Gasteiger charge is 2.28. The molecule has 0 atom stereocenters. The third kappa shape index (κ3) is 4.79. The van der Waals surface area contributed by atoms with Crippen molar-refractivity contribution in [1.82, 2.24) is 20.0 Å². The van der Waals surface area contributed by atoms with Crippen LogP contribution in [0.1, 0.15) is 29.5 Å². The molecule has 0 spiro atoms. The van der Waals surface area contributed by atoms with E-state index in [1.54, 1.807) is 32.4 Å². The smallest absolute Gasteiger partial charge is 0.263 e. The number of ether oxygens (including phenoxy) is 2. The fourth-order valence-electron chi connectivity index (χ4n) is 5.21. The highest BCUT2D eigenvalue weighted by molar-refractivity contribution is 6.00. The lowest BCUT2D eigenvalue weighted by Crippen LogP contribution is -2.49. The van der Waals surface area contributed by atoms with Crippen LogP contribution in [-0.2, 0) is 6.42 Å². The van der Waals surface area contributed by atoms with Gasteiger partial charge in [0.1, 0.15) is 34.2 Å². The monoisotopic (exact) mass is 537 g/mol. The minimum atomic E-state index is -0.0572. The number of amides is 1. The molecule has 5 aromatic rings. The molecule has 9 nitrogen and oxygen atoms in total. The lowest BCUT2D eigenvalue weighted by atomic mass is 10.0. The van der Waals surface area contributed by atoms with Crippen molar-refractivity contribution in [2.75, 3.05) is 45.3 Å². The average Bonchev–Trinajstić information content (AvgIpc) is 3.44. The van der Waals surface area contributed by atoms with Gasteiger partial charge in [0.05, 0.1) is 14.2 Å². The van der Waals surface area contributed by atoms with Crippen LogP contribution in [0.3, 0.4) is 0 Å². The second kappa shape index (κ2) is 10.8. The highest BCUT2D eigenvalue weighted by atomic mass is 16.5. The van der Waals surface area contributed by atoms with Crippen LogP contribution >= 0.6 is 0 Å². The number of nitrogens with zero attached hydrogens (tertiary/aromatic N) is 5. The maximum Gasteiger partial charge on any atom is 0.263 e. The number of anilines is 1. The maximum atomic E-state index is 13.4. The zero-order chi connectivity index (χ0) is 27.6. The van der Waals surface area contributed by atoms with E-state index in [-0.39, 0.29) is 5.91 Å². The van der Waals surface area contributed by atoms with Gasteiger partial charge in [0.25, 0.3) is 11.6 Å². The molecular weight excluding hydrogens is 506 g/mol. The molecule has 0 aliphatic carbocycles. The molecule has 1 saturated heterocycles. The van der Waals surface area contributed by atoms with Crippen molar-refractivity contribution in [3.63, 3.8) is 0 Å². The summed E-state index contributed by atoms with van der Waals surface area (Å²) in [6.07, 6.45) is 1.66. The predicted octanol–water partition coefficient (Wildman–Crippen LogP) is 5.37. The van der Waals surface area contributed by atoms with Gasteiger partial charge in [0.2, 0.25) is 0 Å². The molecule has 2 aromatic heterocycles. The highest BCUT2D eigenvalue weighted by Crippen LogP contribution is 2.35. The number of carbonyl (C=O) groups is 1. The molecular formula is C31H31N5O4. The molecule has 0 unspecified atom stereocenters. The second-order valence-corrected chi connectivity index (χ2v) is 9.87. The van der Waals surface area contributed by atoms with Crippen LogP contribution in [0.4, 0.5) is 5.82 Å². The van der Waals surface area contributed by atoms with E-state index < -0.39 is 0 Å². The van der Waals surface area contributed by atoms with E-state index in [1.807, 2.05) is 17.0 Å². The number of hydrogen-bond acceptors (Lipinski definition) is 8. The quantitative estimate of drug-likeness (QED) is 0.274. The van der Waals surface area contributed by atoms with Gasteiger partial charge in [-0.25, -0.2) is 4.98 Å². The summed E-state index contributed by atoms with van der Waals surface area (Å²) in [5, 5.41) is 7.54. The molecule has 3 heterocycles. The maximum absolute atomic E-state index is 13.4. The van der Waals surface area contributed by atoms with Gasteiger partial charge in [0, 0.05) is 49.8 Å². The van der Waals surface area contributed by atoms with Gasteiger partial charge in [-0.3, -0.25) is 4.79 Å². The van der Waals surface area contributed by atoms with Crippen molar-refractivity contribution in [3.05, 3.63) is 72.1 Å². The molecule has 1 aliphatic heterocycles. The van der Waals surface area contributed by atoms with Crippen molar-refractivity contribution in [2.24, 2.45) is 0 Å². The van der Waals surface area contributed by atoms with Crippen LogP contribution in [0.25, 0.3) is 33.1 Å². The minimum absolute atomic E-state index is 0.0572. The first-order valence-electron chi connectivity index (χ1n) is 13.5. The Kier molecular flexibility index (Phi) is 6.94. The lowest BCUT2D eigenvalue weighted by Gasteiger charge is -2.35. The Morgan fingerprint density at radius 2 is 1.62 bits per heavy atom. The summed E-state index contributed by atoms with van der Waals surface area (Å²) in [6.45, 7) is 4.43. The van der Waals surface area contributed by atoms with Gasteiger partial charge in [-0.15, -0.1) is 0 Å². The molecule has 0 radical (unpaired) electrons. The normalized spacial score (nSPS) is 13.7. The molecule has 0 bridgehead atoms. The van der Waals surface area contributed by atoms with E-state index in [0.717, 1.165) is 51.9 Å². The Morgan fingerprint density at radius 3 is 2.33 bits per heavy atom. The minimum Gasteiger partial charge on any atom is -0.497 e. The summed E-state index contributed by atoms with van der Waals surface area (Å²) >= 11 is 0. The van der Waals surface area contributed by atoms with Crippen LogP contribution in [0.2, 0.25) is 0 Å². The van der Waals surface area contributed by atoms with Crippen LogP contribution in [0.5, 0.6) is 11.5 Å². The van der Waals surface area contributed by atoms with Crippen molar-refractivity contribution in [1.29, 1.82) is 0 Å². The van der Waals surface area contributed by atoms with E-state index in [2.05, 4.69) is 52.3 Å². The Hall–Kier alpha value is -4.66. The zero-order valence-corrected chi connectivity index (χ0v) is 22.9. The van der Waals surface area contributed by atoms with Crippen molar-refractivity contribution < 1.29 is 18.8 Å². The first-order chi connectivity index (χ1) is 19.6. The molecule has 0 saturated carbocycles. The predicted molar refractivity (Wildman–Crippen MR) is 154 cm³/mol. The van der Waals surface area contributed by atoms with Gasteiger partial charge < -0.3 is 23.8 Å². The number of methoxy groups -OCH3 is 2. The second-order valence-electron chi connectivity index (χ2n) is 9.87. The number of carbonyl (C=O) groups excluding carboxylic acids is 1. The van der Waals surface area contributed by atoms with E-state index in [1.165, 1.54) is 0 Å². The number of aromatic nitrogens is 3. The van der Waals surface area contributed by atoms with E-state index in [9.17, 15) is 4.79 Å². The average molecular weight is 538 g/mol. The summed E-state index contributed by atoms with van der Waals surface area (Å²) in [5.41, 5.74) is 2.70. The first-order valence-corrected chi connectivity index (χ1v) is 13.5. The number of fused-ring (bicyclic) bond motifs is 2. The van der Waals surface area contributed by atoms with Gasteiger partial charge in [-0.05, 0) is 35.4 Å². The zero-order valence-electron chi connectivity index (χ0n) is 22.9. The molecule has 1 fully saturated rings. The van der Waals surface area contributed by atoms with E-state index in [4.69, 9.17) is 19.0 Å². The summed E-state index contributed by atoms with van der Waals surface area (Å²) in [4.78, 5) is 27.1. The molecule has 6 rings (SSSR count). The Morgan fingerprint density at radius 1 is 0.900 bits per heavy atom. The Bertz CT molecular complexity index is 1670. The van der Waals surface area contributed by atoms with Gasteiger partial charge >= 0.3 is 0 Å². The molecule has 3 aromatic carbocycles. The third-order valence-corrected chi connectivity index (χ3v) is 7.32. The first kappa shape index (κ1) is 25.6. The molecule has 9 heteroatoms. The van der Waals surface area contributed by atoms with E-state index in [0.29, 0.717) is 49.0 Å². The topological polar surface area (TPSA) is 93.8 Å². The summed E-state index contributed by atoms with van der Waals surface area (Å²) in [7, 11) is 3.15. The molecule has 40 heavy (non-hydrogen) atoms. The van der Waals surface area contributed by atoms with E-state index >= 15 is 0 Å². The van der Waals surface area contributed by atoms with Crippen molar-refractivity contribution in [2.45, 2.75) is 19.8 Å². The fraction of sp³-hybridized carbons (Fsp3) is 0.290. The van der Waals surface area contributed by atoms with Crippen LogP contribution in [-0.4, -0.2) is 66.3 Å². The summed E-state index contributed by atoms with van der Waals surface area (Å²) in [5.74, 6) is 2.64. The summed E-state index contributed by atoms with van der Waals surface area (Å²) < 4.78 is 16.5. The molecule has 0 N–H and O–H groups in total. The Labute approximate surface area is 232 Å². The molecule has 204 valence electrons. The fourth-order valence-corrected chi connectivity index (χ4v) is 5.21. The van der Waals surface area contributed by atoms with Crippen molar-refractivity contribution in [3.8, 4) is 22.8 Å². The van der Waals surface area contributed by atoms with Crippen LogP contribution < -0.4 is 14.4 Å². The van der Waals surface area contributed by atoms with Crippen LogP contribution in [0, 0.1) is 0 Å². The van der Waals surface area contributed by atoms with Gasteiger partial charge in [0.15, 0.2) is 0 Å². The van der Waals surface area contributed by atoms with Gasteiger partial charge in [-0.1, -0.05) is 48.5 Å². The largest absolute Gasteiger partial charge is 0.497 e. The number of aryl methyl sites for hydroxylation is 1. The molecule has 1 amide bonds.